The van der Waals surface area contributed by atoms with Crippen molar-refractivity contribution in [1.29, 1.82) is 0 Å². The Morgan fingerprint density at radius 2 is 2.06 bits per heavy atom. The summed E-state index contributed by atoms with van der Waals surface area (Å²) in [5, 5.41) is 9.98. The van der Waals surface area contributed by atoms with Crippen LogP contribution in [-0.4, -0.2) is 18.3 Å². The first-order valence-corrected chi connectivity index (χ1v) is 5.78. The van der Waals surface area contributed by atoms with Gasteiger partial charge in [0.05, 0.1) is 6.10 Å². The number of rotatable bonds is 3. The van der Waals surface area contributed by atoms with Crippen LogP contribution in [0, 0.1) is 11.8 Å². The van der Waals surface area contributed by atoms with Gasteiger partial charge >= 0.3 is 0 Å². The van der Waals surface area contributed by atoms with E-state index >= 15 is 0 Å². The Balaban J connectivity index is 2.07. The van der Waals surface area contributed by atoms with Gasteiger partial charge in [0.15, 0.2) is 11.5 Å². The normalized spacial score (nSPS) is 14.7. The molecule has 0 saturated carbocycles. The molecule has 3 nitrogen and oxygen atoms in total. The van der Waals surface area contributed by atoms with Crippen molar-refractivity contribution in [2.45, 2.75) is 25.9 Å². The van der Waals surface area contributed by atoms with E-state index in [9.17, 15) is 5.11 Å². The molecule has 3 heteroatoms. The number of aliphatic hydroxyl groups excluding tert-OH is 1. The number of benzene rings is 1. The van der Waals surface area contributed by atoms with Crippen LogP contribution in [0.15, 0.2) is 18.2 Å². The van der Waals surface area contributed by atoms with Gasteiger partial charge in [-0.2, -0.15) is 0 Å². The summed E-state index contributed by atoms with van der Waals surface area (Å²) in [5.41, 5.74) is 0.854. The summed E-state index contributed by atoms with van der Waals surface area (Å²) in [4.78, 5) is 0. The van der Waals surface area contributed by atoms with Gasteiger partial charge in [-0.05, 0) is 31.0 Å². The van der Waals surface area contributed by atoms with E-state index in [-0.39, 0.29) is 0 Å². The Labute approximate surface area is 101 Å². The second-order valence-corrected chi connectivity index (χ2v) is 3.88. The molecule has 1 N–H and O–H groups in total. The van der Waals surface area contributed by atoms with Crippen molar-refractivity contribution in [3.63, 3.8) is 0 Å². The molecule has 0 spiro atoms. The lowest BCUT2D eigenvalue weighted by Crippen LogP contribution is -2.15. The molecule has 0 aromatic heterocycles. The Bertz CT molecular complexity index is 443. The van der Waals surface area contributed by atoms with E-state index in [1.807, 2.05) is 18.2 Å². The summed E-state index contributed by atoms with van der Waals surface area (Å²) < 4.78 is 10.9. The van der Waals surface area contributed by atoms with Gasteiger partial charge in [0, 0.05) is 6.42 Å². The van der Waals surface area contributed by atoms with E-state index in [1.54, 1.807) is 6.92 Å². The van der Waals surface area contributed by atoms with Crippen LogP contribution in [0.2, 0.25) is 0 Å². The lowest BCUT2D eigenvalue weighted by molar-refractivity contribution is 0.160. The van der Waals surface area contributed by atoms with Crippen molar-refractivity contribution < 1.29 is 14.6 Å². The monoisotopic (exact) mass is 232 g/mol. The Hall–Kier alpha value is -1.66. The van der Waals surface area contributed by atoms with Crippen LogP contribution in [-0.2, 0) is 0 Å². The average Bonchev–Trinajstić information content (AvgIpc) is 2.38. The topological polar surface area (TPSA) is 38.7 Å². The summed E-state index contributed by atoms with van der Waals surface area (Å²) in [5.74, 6) is 7.23. The first-order chi connectivity index (χ1) is 8.31. The molecule has 0 amide bonds. The molecule has 1 aliphatic heterocycles. The molecule has 0 aliphatic carbocycles. The minimum atomic E-state index is -0.494. The van der Waals surface area contributed by atoms with Gasteiger partial charge in [-0.1, -0.05) is 6.07 Å². The fourth-order valence-corrected chi connectivity index (χ4v) is 1.77. The highest BCUT2D eigenvalue weighted by Gasteiger charge is 2.14. The number of hydrogen-bond donors (Lipinski definition) is 1. The molecule has 1 aromatic rings. The third kappa shape index (κ3) is 2.92. The van der Waals surface area contributed by atoms with Gasteiger partial charge in [-0.15, -0.1) is 11.8 Å². The second kappa shape index (κ2) is 5.60. The fraction of sp³-hybridized carbons (Fsp3) is 0.429. The van der Waals surface area contributed by atoms with Crippen molar-refractivity contribution in [2.75, 3.05) is 13.2 Å². The largest absolute Gasteiger partial charge is 0.486 e. The molecule has 2 rings (SSSR count). The number of ether oxygens (including phenoxy) is 2. The molecule has 0 radical (unpaired) electrons. The van der Waals surface area contributed by atoms with Crippen molar-refractivity contribution in [2.24, 2.45) is 0 Å². The SMILES string of the molecule is CC#CCCC(O)c1ccc2c(c1)OCCO2. The maximum absolute atomic E-state index is 9.98. The van der Waals surface area contributed by atoms with Gasteiger partial charge in [0.25, 0.3) is 0 Å². The molecule has 1 atom stereocenters. The molecular formula is C14H16O3. The van der Waals surface area contributed by atoms with Crippen LogP contribution in [0.4, 0.5) is 0 Å². The predicted molar refractivity (Wildman–Crippen MR) is 65.1 cm³/mol. The highest BCUT2D eigenvalue weighted by atomic mass is 16.6. The van der Waals surface area contributed by atoms with Crippen molar-refractivity contribution in [1.82, 2.24) is 0 Å². The van der Waals surface area contributed by atoms with Gasteiger partial charge < -0.3 is 14.6 Å². The van der Waals surface area contributed by atoms with Crippen LogP contribution >= 0.6 is 0 Å². The van der Waals surface area contributed by atoms with E-state index in [0.717, 1.165) is 17.1 Å². The summed E-state index contributed by atoms with van der Waals surface area (Å²) in [6.07, 6.45) is 0.846. The quantitative estimate of drug-likeness (QED) is 0.813. The molecular weight excluding hydrogens is 216 g/mol. The Morgan fingerprint density at radius 1 is 1.29 bits per heavy atom. The van der Waals surface area contributed by atoms with E-state index in [1.165, 1.54) is 0 Å². The third-order valence-corrected chi connectivity index (χ3v) is 2.67. The van der Waals surface area contributed by atoms with Crippen LogP contribution in [0.1, 0.15) is 31.4 Å². The molecule has 1 aliphatic rings. The zero-order valence-electron chi connectivity index (χ0n) is 9.90. The van der Waals surface area contributed by atoms with E-state index in [2.05, 4.69) is 11.8 Å². The standard InChI is InChI=1S/C14H16O3/c1-2-3-4-5-12(15)11-6-7-13-14(10-11)17-9-8-16-13/h6-7,10,12,15H,4-5,8-9H2,1H3. The number of fused-ring (bicyclic) bond motifs is 1. The zero-order valence-corrected chi connectivity index (χ0v) is 9.90. The van der Waals surface area contributed by atoms with E-state index in [0.29, 0.717) is 26.1 Å². The first-order valence-electron chi connectivity index (χ1n) is 5.78. The molecule has 90 valence electrons. The van der Waals surface area contributed by atoms with Gasteiger partial charge in [-0.3, -0.25) is 0 Å². The molecule has 0 saturated heterocycles. The fourth-order valence-electron chi connectivity index (χ4n) is 1.77. The smallest absolute Gasteiger partial charge is 0.161 e. The molecule has 1 unspecified atom stereocenters. The van der Waals surface area contributed by atoms with Crippen molar-refractivity contribution in [3.8, 4) is 23.3 Å². The lowest BCUT2D eigenvalue weighted by Gasteiger charge is -2.20. The summed E-state index contributed by atoms with van der Waals surface area (Å²) in [7, 11) is 0. The Morgan fingerprint density at radius 3 is 2.82 bits per heavy atom. The third-order valence-electron chi connectivity index (χ3n) is 2.67. The minimum Gasteiger partial charge on any atom is -0.486 e. The molecule has 0 bridgehead atoms. The predicted octanol–water partition coefficient (Wildman–Crippen LogP) is 2.29. The van der Waals surface area contributed by atoms with Crippen molar-refractivity contribution >= 4 is 0 Å². The van der Waals surface area contributed by atoms with Crippen LogP contribution in [0.5, 0.6) is 11.5 Å². The van der Waals surface area contributed by atoms with Crippen molar-refractivity contribution in [3.05, 3.63) is 23.8 Å². The Kier molecular flexibility index (Phi) is 3.89. The second-order valence-electron chi connectivity index (χ2n) is 3.88. The summed E-state index contributed by atoms with van der Waals surface area (Å²) in [6, 6.07) is 5.56. The van der Waals surface area contributed by atoms with E-state index < -0.39 is 6.10 Å². The van der Waals surface area contributed by atoms with Crippen LogP contribution in [0.25, 0.3) is 0 Å². The molecule has 1 heterocycles. The maximum atomic E-state index is 9.98. The maximum Gasteiger partial charge on any atom is 0.161 e. The average molecular weight is 232 g/mol. The van der Waals surface area contributed by atoms with Gasteiger partial charge in [0.2, 0.25) is 0 Å². The lowest BCUT2D eigenvalue weighted by atomic mass is 10.0. The van der Waals surface area contributed by atoms with E-state index in [4.69, 9.17) is 9.47 Å². The highest BCUT2D eigenvalue weighted by Crippen LogP contribution is 2.33. The summed E-state index contributed by atoms with van der Waals surface area (Å²) in [6.45, 7) is 2.95. The zero-order chi connectivity index (χ0) is 12.1. The summed E-state index contributed by atoms with van der Waals surface area (Å²) >= 11 is 0. The number of aliphatic hydroxyl groups is 1. The molecule has 1 aromatic carbocycles. The van der Waals surface area contributed by atoms with Crippen LogP contribution in [0.3, 0.4) is 0 Å². The molecule has 0 fully saturated rings. The highest BCUT2D eigenvalue weighted by molar-refractivity contribution is 5.44. The molecule has 17 heavy (non-hydrogen) atoms. The first kappa shape index (κ1) is 11.8. The van der Waals surface area contributed by atoms with Gasteiger partial charge in [0.1, 0.15) is 13.2 Å². The minimum absolute atomic E-state index is 0.494. The number of hydrogen-bond acceptors (Lipinski definition) is 3. The van der Waals surface area contributed by atoms with Gasteiger partial charge in [-0.25, -0.2) is 0 Å². The van der Waals surface area contributed by atoms with Crippen LogP contribution < -0.4 is 9.47 Å².